The molecule has 24 heavy (non-hydrogen) atoms. The van der Waals surface area contributed by atoms with Crippen LogP contribution in [0.5, 0.6) is 5.75 Å². The van der Waals surface area contributed by atoms with Crippen LogP contribution in [-0.2, 0) is 0 Å². The second-order valence-electron chi connectivity index (χ2n) is 5.73. The molecule has 0 amide bonds. The summed E-state index contributed by atoms with van der Waals surface area (Å²) in [6.45, 7) is 4.02. The van der Waals surface area contributed by atoms with Crippen molar-refractivity contribution >= 4 is 39.6 Å². The number of aromatic hydroxyl groups is 1. The SMILES string of the molecule is CC(C)n1cnc2c(N[C@H](CO)c3ccc(O)cc3)nc(I)nc21. The van der Waals surface area contributed by atoms with Gasteiger partial charge in [-0.05, 0) is 31.5 Å². The smallest absolute Gasteiger partial charge is 0.194 e. The molecular weight excluding hydrogens is 421 g/mol. The Morgan fingerprint density at radius 1 is 1.21 bits per heavy atom. The number of hydrogen-bond donors (Lipinski definition) is 3. The highest BCUT2D eigenvalue weighted by molar-refractivity contribution is 14.1. The number of rotatable bonds is 5. The molecule has 0 bridgehead atoms. The number of halogens is 1. The predicted molar refractivity (Wildman–Crippen MR) is 100.0 cm³/mol. The van der Waals surface area contributed by atoms with Crippen LogP contribution >= 0.6 is 22.6 Å². The van der Waals surface area contributed by atoms with Gasteiger partial charge in [-0.25, -0.2) is 15.0 Å². The summed E-state index contributed by atoms with van der Waals surface area (Å²) in [5.74, 6) is 0.765. The minimum Gasteiger partial charge on any atom is -0.508 e. The van der Waals surface area contributed by atoms with E-state index in [2.05, 4.69) is 56.7 Å². The van der Waals surface area contributed by atoms with Crippen LogP contribution in [0.4, 0.5) is 5.82 Å². The number of nitrogens with one attached hydrogen (secondary N) is 1. The first-order valence-corrected chi connectivity index (χ1v) is 8.64. The molecule has 3 rings (SSSR count). The Morgan fingerprint density at radius 2 is 1.92 bits per heavy atom. The molecule has 1 atom stereocenters. The van der Waals surface area contributed by atoms with Crippen molar-refractivity contribution < 1.29 is 10.2 Å². The molecule has 3 N–H and O–H groups in total. The zero-order valence-corrected chi connectivity index (χ0v) is 15.5. The van der Waals surface area contributed by atoms with Crippen molar-refractivity contribution in [1.29, 1.82) is 0 Å². The molecule has 0 unspecified atom stereocenters. The van der Waals surface area contributed by atoms with Crippen LogP contribution in [0.3, 0.4) is 0 Å². The standard InChI is InChI=1S/C16H18IN5O2/c1-9(2)22-8-18-13-14(20-16(17)21-15(13)22)19-12(7-23)10-3-5-11(24)6-4-10/h3-6,8-9,12,23-24H,7H2,1-2H3,(H,19,20,21)/t12-/m1/s1. The van der Waals surface area contributed by atoms with Crippen molar-refractivity contribution in [1.82, 2.24) is 19.5 Å². The maximum absolute atomic E-state index is 9.75. The van der Waals surface area contributed by atoms with Crippen molar-refractivity contribution in [2.75, 3.05) is 11.9 Å². The molecule has 0 fully saturated rings. The van der Waals surface area contributed by atoms with Crippen LogP contribution in [0.15, 0.2) is 30.6 Å². The summed E-state index contributed by atoms with van der Waals surface area (Å²) in [5.41, 5.74) is 2.27. The number of anilines is 1. The van der Waals surface area contributed by atoms with Crippen molar-refractivity contribution in [2.24, 2.45) is 0 Å². The van der Waals surface area contributed by atoms with E-state index in [0.29, 0.717) is 15.2 Å². The van der Waals surface area contributed by atoms with Crippen LogP contribution < -0.4 is 5.32 Å². The number of aliphatic hydroxyl groups excluding tert-OH is 1. The van der Waals surface area contributed by atoms with E-state index in [1.54, 1.807) is 30.6 Å². The zero-order chi connectivity index (χ0) is 17.3. The van der Waals surface area contributed by atoms with E-state index in [1.807, 2.05) is 4.57 Å². The molecule has 2 heterocycles. The van der Waals surface area contributed by atoms with Gasteiger partial charge < -0.3 is 20.1 Å². The first-order valence-electron chi connectivity index (χ1n) is 7.56. The van der Waals surface area contributed by atoms with E-state index < -0.39 is 0 Å². The monoisotopic (exact) mass is 439 g/mol. The van der Waals surface area contributed by atoms with Gasteiger partial charge in [0.15, 0.2) is 20.8 Å². The van der Waals surface area contributed by atoms with Crippen LogP contribution in [0, 0.1) is 3.83 Å². The number of aliphatic hydroxyl groups is 1. The van der Waals surface area contributed by atoms with E-state index >= 15 is 0 Å². The molecule has 126 valence electrons. The van der Waals surface area contributed by atoms with Gasteiger partial charge in [0, 0.05) is 28.6 Å². The van der Waals surface area contributed by atoms with E-state index in [9.17, 15) is 10.2 Å². The third kappa shape index (κ3) is 3.29. The average molecular weight is 439 g/mol. The number of benzene rings is 1. The summed E-state index contributed by atoms with van der Waals surface area (Å²) in [4.78, 5) is 13.3. The van der Waals surface area contributed by atoms with Crippen molar-refractivity contribution in [3.05, 3.63) is 40.0 Å². The Kier molecular flexibility index (Phi) is 4.86. The van der Waals surface area contributed by atoms with Crippen molar-refractivity contribution in [2.45, 2.75) is 25.9 Å². The molecule has 0 aliphatic rings. The second-order valence-corrected chi connectivity index (χ2v) is 6.69. The predicted octanol–water partition coefficient (Wildman–Crippen LogP) is 2.86. The number of imidazole rings is 1. The van der Waals surface area contributed by atoms with Crippen LogP contribution in [-0.4, -0.2) is 36.3 Å². The lowest BCUT2D eigenvalue weighted by molar-refractivity contribution is 0.276. The van der Waals surface area contributed by atoms with E-state index in [-0.39, 0.29) is 24.4 Å². The molecule has 1 aromatic carbocycles. The summed E-state index contributed by atoms with van der Waals surface area (Å²) < 4.78 is 2.59. The largest absolute Gasteiger partial charge is 0.508 e. The summed E-state index contributed by atoms with van der Waals surface area (Å²) >= 11 is 2.07. The number of fused-ring (bicyclic) bond motifs is 1. The quantitative estimate of drug-likeness (QED) is 0.418. The number of hydrogen-bond acceptors (Lipinski definition) is 6. The lowest BCUT2D eigenvalue weighted by Gasteiger charge is -2.18. The van der Waals surface area contributed by atoms with Gasteiger partial charge in [0.2, 0.25) is 0 Å². The minimum absolute atomic E-state index is 0.113. The first kappa shape index (κ1) is 16.9. The highest BCUT2D eigenvalue weighted by atomic mass is 127. The summed E-state index contributed by atoms with van der Waals surface area (Å²) in [5, 5.41) is 22.4. The molecule has 0 aliphatic carbocycles. The van der Waals surface area contributed by atoms with Crippen LogP contribution in [0.1, 0.15) is 31.5 Å². The molecule has 3 aromatic rings. The van der Waals surface area contributed by atoms with Crippen molar-refractivity contribution in [3.8, 4) is 5.75 Å². The van der Waals surface area contributed by atoms with E-state index in [4.69, 9.17) is 0 Å². The van der Waals surface area contributed by atoms with Gasteiger partial charge in [-0.3, -0.25) is 0 Å². The Morgan fingerprint density at radius 3 is 2.54 bits per heavy atom. The number of phenols is 1. The fourth-order valence-electron chi connectivity index (χ4n) is 2.47. The van der Waals surface area contributed by atoms with E-state index in [0.717, 1.165) is 11.2 Å². The van der Waals surface area contributed by atoms with Gasteiger partial charge in [0.1, 0.15) is 5.75 Å². The van der Waals surface area contributed by atoms with E-state index in [1.165, 1.54) is 0 Å². The average Bonchev–Trinajstić information content (AvgIpc) is 2.97. The first-order chi connectivity index (χ1) is 11.5. The Bertz CT molecular complexity index is 848. The maximum Gasteiger partial charge on any atom is 0.194 e. The third-order valence-corrected chi connectivity index (χ3v) is 4.22. The molecule has 0 saturated carbocycles. The van der Waals surface area contributed by atoms with Gasteiger partial charge in [-0.1, -0.05) is 12.1 Å². The number of phenolic OH excluding ortho intramolecular Hbond substituents is 1. The molecular formula is C16H18IN5O2. The summed E-state index contributed by atoms with van der Waals surface area (Å²) in [6, 6.07) is 6.58. The lowest BCUT2D eigenvalue weighted by Crippen LogP contribution is -2.16. The number of nitrogens with zero attached hydrogens (tertiary/aromatic N) is 4. The Hall–Kier alpha value is -1.94. The molecule has 8 heteroatoms. The fraction of sp³-hybridized carbons (Fsp3) is 0.312. The van der Waals surface area contributed by atoms with Crippen LogP contribution in [0.2, 0.25) is 0 Å². The minimum atomic E-state index is -0.358. The molecule has 0 radical (unpaired) electrons. The molecule has 0 aliphatic heterocycles. The van der Waals surface area contributed by atoms with Crippen LogP contribution in [0.25, 0.3) is 11.2 Å². The van der Waals surface area contributed by atoms with Gasteiger partial charge in [0.25, 0.3) is 0 Å². The topological polar surface area (TPSA) is 96.1 Å². The Labute approximate surface area is 152 Å². The Balaban J connectivity index is 2.00. The number of aromatic nitrogens is 4. The molecule has 2 aromatic heterocycles. The van der Waals surface area contributed by atoms with Gasteiger partial charge >= 0.3 is 0 Å². The van der Waals surface area contributed by atoms with Gasteiger partial charge in [0.05, 0.1) is 19.0 Å². The lowest BCUT2D eigenvalue weighted by atomic mass is 10.1. The zero-order valence-electron chi connectivity index (χ0n) is 13.3. The van der Waals surface area contributed by atoms with Gasteiger partial charge in [-0.15, -0.1) is 0 Å². The fourth-order valence-corrected chi connectivity index (χ4v) is 2.94. The molecule has 0 spiro atoms. The molecule has 0 saturated heterocycles. The third-order valence-electron chi connectivity index (χ3n) is 3.74. The molecule has 7 nitrogen and oxygen atoms in total. The highest BCUT2D eigenvalue weighted by Gasteiger charge is 2.18. The maximum atomic E-state index is 9.75. The summed E-state index contributed by atoms with van der Waals surface area (Å²) in [7, 11) is 0. The second kappa shape index (κ2) is 6.89. The normalized spacial score (nSPS) is 12.7. The highest BCUT2D eigenvalue weighted by Crippen LogP contribution is 2.26. The van der Waals surface area contributed by atoms with Gasteiger partial charge in [-0.2, -0.15) is 0 Å². The van der Waals surface area contributed by atoms with Crippen molar-refractivity contribution in [3.63, 3.8) is 0 Å². The summed E-state index contributed by atoms with van der Waals surface area (Å²) in [6.07, 6.45) is 1.75.